The molecule has 62 heavy (non-hydrogen) atoms. The van der Waals surface area contributed by atoms with Crippen molar-refractivity contribution in [2.24, 2.45) is 0 Å². The lowest BCUT2D eigenvalue weighted by molar-refractivity contribution is -0.167. The molecule has 362 valence electrons. The summed E-state index contributed by atoms with van der Waals surface area (Å²) in [5.41, 5.74) is 0. The summed E-state index contributed by atoms with van der Waals surface area (Å²) in [5.74, 6) is -0.882. The molecule has 0 fully saturated rings. The van der Waals surface area contributed by atoms with Gasteiger partial charge in [0.1, 0.15) is 13.2 Å². The molecule has 6 nitrogen and oxygen atoms in total. The number of carbonyl (C=O) groups excluding carboxylic acids is 3. The molecule has 1 atom stereocenters. The number of carbonyl (C=O) groups is 3. The van der Waals surface area contributed by atoms with Crippen molar-refractivity contribution in [2.45, 2.75) is 290 Å². The Kier molecular flexibility index (Phi) is 49.3. The van der Waals surface area contributed by atoms with E-state index in [1.54, 1.807) is 0 Å². The largest absolute Gasteiger partial charge is 0.462 e. The van der Waals surface area contributed by atoms with Crippen molar-refractivity contribution in [1.82, 2.24) is 0 Å². The molecular weight excluding hydrogens is 769 g/mol. The molecule has 0 heterocycles. The zero-order valence-electron chi connectivity index (χ0n) is 41.4. The normalized spacial score (nSPS) is 12.2. The van der Waals surface area contributed by atoms with Crippen LogP contribution < -0.4 is 0 Å². The van der Waals surface area contributed by atoms with Crippen LogP contribution in [0.15, 0.2) is 36.5 Å². The highest BCUT2D eigenvalue weighted by Crippen LogP contribution is 2.15. The summed E-state index contributed by atoms with van der Waals surface area (Å²) in [5, 5.41) is 0. The van der Waals surface area contributed by atoms with E-state index in [-0.39, 0.29) is 31.1 Å². The van der Waals surface area contributed by atoms with Crippen LogP contribution in [0.4, 0.5) is 0 Å². The lowest BCUT2D eigenvalue weighted by Crippen LogP contribution is -2.30. The molecule has 6 heteroatoms. The first-order valence-corrected chi connectivity index (χ1v) is 27.0. The molecule has 0 saturated carbocycles. The maximum Gasteiger partial charge on any atom is 0.306 e. The van der Waals surface area contributed by atoms with Crippen molar-refractivity contribution in [2.75, 3.05) is 13.2 Å². The fourth-order valence-electron chi connectivity index (χ4n) is 7.76. The van der Waals surface area contributed by atoms with Gasteiger partial charge in [-0.15, -0.1) is 0 Å². The summed E-state index contributed by atoms with van der Waals surface area (Å²) in [6.45, 7) is 6.61. The van der Waals surface area contributed by atoms with Crippen LogP contribution in [0, 0.1) is 0 Å². The predicted molar refractivity (Wildman–Crippen MR) is 266 cm³/mol. The Morgan fingerprint density at radius 3 is 0.935 bits per heavy atom. The third-order valence-corrected chi connectivity index (χ3v) is 11.9. The molecule has 0 amide bonds. The Labute approximate surface area is 385 Å². The number of ether oxygens (including phenoxy) is 3. The van der Waals surface area contributed by atoms with Crippen molar-refractivity contribution in [3.05, 3.63) is 36.5 Å². The Bertz CT molecular complexity index is 1050. The highest BCUT2D eigenvalue weighted by molar-refractivity contribution is 5.71. The average Bonchev–Trinajstić information content (AvgIpc) is 3.27. The Morgan fingerprint density at radius 2 is 0.581 bits per heavy atom. The van der Waals surface area contributed by atoms with E-state index in [9.17, 15) is 14.4 Å². The zero-order valence-corrected chi connectivity index (χ0v) is 41.4. The van der Waals surface area contributed by atoms with Crippen molar-refractivity contribution < 1.29 is 28.6 Å². The van der Waals surface area contributed by atoms with Gasteiger partial charge in [0.15, 0.2) is 6.10 Å². The summed E-state index contributed by atoms with van der Waals surface area (Å²) >= 11 is 0. The Balaban J connectivity index is 4.31. The van der Waals surface area contributed by atoms with Crippen molar-refractivity contribution in [1.29, 1.82) is 0 Å². The number of esters is 3. The molecule has 0 spiro atoms. The molecular formula is C56H102O6. The number of allylic oxidation sites excluding steroid dienone is 6. The molecule has 0 aliphatic heterocycles. The second kappa shape index (κ2) is 51.3. The summed E-state index contributed by atoms with van der Waals surface area (Å²) in [6, 6.07) is 0. The molecule has 0 N–H and O–H groups in total. The first-order chi connectivity index (χ1) is 30.5. The Morgan fingerprint density at radius 1 is 0.323 bits per heavy atom. The van der Waals surface area contributed by atoms with Gasteiger partial charge in [0.05, 0.1) is 0 Å². The van der Waals surface area contributed by atoms with Gasteiger partial charge in [-0.2, -0.15) is 0 Å². The van der Waals surface area contributed by atoms with E-state index in [4.69, 9.17) is 14.2 Å². The van der Waals surface area contributed by atoms with E-state index in [0.717, 1.165) is 83.5 Å². The Hall–Kier alpha value is -2.37. The molecule has 0 aromatic carbocycles. The van der Waals surface area contributed by atoms with Crippen molar-refractivity contribution >= 4 is 17.9 Å². The first kappa shape index (κ1) is 59.6. The van der Waals surface area contributed by atoms with Gasteiger partial charge in [-0.1, -0.05) is 224 Å². The maximum atomic E-state index is 12.8. The quantitative estimate of drug-likeness (QED) is 0.0262. The van der Waals surface area contributed by atoms with E-state index in [0.29, 0.717) is 19.3 Å². The van der Waals surface area contributed by atoms with Crippen molar-refractivity contribution in [3.8, 4) is 0 Å². The SMILES string of the molecule is CCCCC/C=C\C/C=C\CCCCCCCC(=O)OC(COC(=O)CCCCCCCCCCCC)COC(=O)CCCCCCCCCCC/C=C\CCCCCCCC. The van der Waals surface area contributed by atoms with Crippen LogP contribution in [0.2, 0.25) is 0 Å². The number of unbranched alkanes of at least 4 members (excludes halogenated alkanes) is 32. The van der Waals surface area contributed by atoms with Crippen LogP contribution >= 0.6 is 0 Å². The van der Waals surface area contributed by atoms with Gasteiger partial charge in [0.2, 0.25) is 0 Å². The minimum absolute atomic E-state index is 0.0757. The first-order valence-electron chi connectivity index (χ1n) is 27.0. The molecule has 1 unspecified atom stereocenters. The van der Waals surface area contributed by atoms with E-state index in [1.807, 2.05) is 0 Å². The lowest BCUT2D eigenvalue weighted by Gasteiger charge is -2.18. The van der Waals surface area contributed by atoms with E-state index < -0.39 is 6.10 Å². The van der Waals surface area contributed by atoms with E-state index in [1.165, 1.54) is 161 Å². The predicted octanol–water partition coefficient (Wildman–Crippen LogP) is 17.7. The smallest absolute Gasteiger partial charge is 0.306 e. The standard InChI is InChI=1S/C56H102O6/c1-4-7-10-13-16-19-22-24-26-27-28-29-31-32-34-37-40-43-46-49-55(58)61-52-53(51-60-54(57)48-45-42-39-36-21-18-15-12-9-6-3)62-56(59)50-47-44-41-38-35-33-30-25-23-20-17-14-11-8-5-2/h17,20,24-26,30,53H,4-16,18-19,21-23,27-29,31-52H2,1-3H3/b20-17-,26-24-,30-25-. The highest BCUT2D eigenvalue weighted by atomic mass is 16.6. The summed E-state index contributed by atoms with van der Waals surface area (Å²) in [6.07, 6.45) is 59.9. The van der Waals surface area contributed by atoms with Crippen LogP contribution in [0.1, 0.15) is 284 Å². The van der Waals surface area contributed by atoms with E-state index in [2.05, 4.69) is 57.2 Å². The molecule has 0 aliphatic carbocycles. The number of hydrogen-bond acceptors (Lipinski definition) is 6. The minimum Gasteiger partial charge on any atom is -0.462 e. The minimum atomic E-state index is -0.776. The summed E-state index contributed by atoms with van der Waals surface area (Å²) in [7, 11) is 0. The van der Waals surface area contributed by atoms with Gasteiger partial charge in [0, 0.05) is 19.3 Å². The molecule has 0 aromatic rings. The average molecular weight is 871 g/mol. The second-order valence-electron chi connectivity index (χ2n) is 18.1. The van der Waals surface area contributed by atoms with Crippen LogP contribution in [0.5, 0.6) is 0 Å². The van der Waals surface area contributed by atoms with Crippen LogP contribution in [-0.4, -0.2) is 37.2 Å². The molecule has 0 saturated heterocycles. The van der Waals surface area contributed by atoms with Gasteiger partial charge < -0.3 is 14.2 Å². The maximum absolute atomic E-state index is 12.8. The summed E-state index contributed by atoms with van der Waals surface area (Å²) in [4.78, 5) is 38.0. The van der Waals surface area contributed by atoms with Crippen LogP contribution in [0.3, 0.4) is 0 Å². The molecule has 0 aliphatic rings. The van der Waals surface area contributed by atoms with Gasteiger partial charge in [-0.05, 0) is 77.0 Å². The monoisotopic (exact) mass is 871 g/mol. The third kappa shape index (κ3) is 48.7. The van der Waals surface area contributed by atoms with E-state index >= 15 is 0 Å². The lowest BCUT2D eigenvalue weighted by atomic mass is 10.1. The van der Waals surface area contributed by atoms with Gasteiger partial charge in [0.25, 0.3) is 0 Å². The van der Waals surface area contributed by atoms with Crippen LogP contribution in [-0.2, 0) is 28.6 Å². The topological polar surface area (TPSA) is 78.9 Å². The molecule has 0 rings (SSSR count). The molecule has 0 bridgehead atoms. The van der Waals surface area contributed by atoms with Crippen LogP contribution in [0.25, 0.3) is 0 Å². The number of rotatable bonds is 49. The second-order valence-corrected chi connectivity index (χ2v) is 18.1. The summed E-state index contributed by atoms with van der Waals surface area (Å²) < 4.78 is 16.8. The number of hydrogen-bond donors (Lipinski definition) is 0. The zero-order chi connectivity index (χ0) is 45.1. The van der Waals surface area contributed by atoms with Gasteiger partial charge in [-0.3, -0.25) is 14.4 Å². The fourth-order valence-corrected chi connectivity index (χ4v) is 7.76. The molecule has 0 aromatic heterocycles. The van der Waals surface area contributed by atoms with Gasteiger partial charge >= 0.3 is 17.9 Å². The van der Waals surface area contributed by atoms with Crippen molar-refractivity contribution in [3.63, 3.8) is 0 Å². The van der Waals surface area contributed by atoms with Gasteiger partial charge in [-0.25, -0.2) is 0 Å². The fraction of sp³-hybridized carbons (Fsp3) is 0.839. The third-order valence-electron chi connectivity index (χ3n) is 11.9. The highest BCUT2D eigenvalue weighted by Gasteiger charge is 2.19. The molecule has 0 radical (unpaired) electrons.